The summed E-state index contributed by atoms with van der Waals surface area (Å²) in [4.78, 5) is 10.7. The number of benzene rings is 2. The van der Waals surface area contributed by atoms with Gasteiger partial charge in [-0.3, -0.25) is 4.79 Å². The summed E-state index contributed by atoms with van der Waals surface area (Å²) < 4.78 is 24.7. The molecule has 0 fully saturated rings. The lowest BCUT2D eigenvalue weighted by Crippen LogP contribution is -1.90. The molecule has 0 amide bonds. The van der Waals surface area contributed by atoms with Crippen LogP contribution in [-0.2, 0) is 0 Å². The van der Waals surface area contributed by atoms with E-state index in [4.69, 9.17) is 9.15 Å². The summed E-state index contributed by atoms with van der Waals surface area (Å²) in [7, 11) is 0. The maximum absolute atomic E-state index is 13.7. The number of aldehydes is 1. The van der Waals surface area contributed by atoms with E-state index >= 15 is 0 Å². The van der Waals surface area contributed by atoms with Crippen LogP contribution >= 0.6 is 0 Å². The van der Waals surface area contributed by atoms with E-state index in [0.29, 0.717) is 23.4 Å². The van der Waals surface area contributed by atoms with Crippen LogP contribution in [0.5, 0.6) is 11.5 Å². The molecule has 2 aromatic carbocycles. The van der Waals surface area contributed by atoms with Crippen LogP contribution in [0.4, 0.5) is 4.39 Å². The quantitative estimate of drug-likeness (QED) is 0.652. The molecule has 3 rings (SSSR count). The summed E-state index contributed by atoms with van der Waals surface area (Å²) in [6.07, 6.45) is 0.629. The van der Waals surface area contributed by atoms with E-state index in [2.05, 4.69) is 0 Å². The van der Waals surface area contributed by atoms with Crippen LogP contribution in [-0.4, -0.2) is 6.29 Å². The van der Waals surface area contributed by atoms with Gasteiger partial charge in [-0.15, -0.1) is 0 Å². The molecule has 3 nitrogen and oxygen atoms in total. The van der Waals surface area contributed by atoms with Gasteiger partial charge in [0, 0.05) is 0 Å². The zero-order valence-electron chi connectivity index (χ0n) is 11.0. The smallest absolute Gasteiger partial charge is 0.185 e. The summed E-state index contributed by atoms with van der Waals surface area (Å²) in [6.45, 7) is 0. The molecule has 0 aliphatic carbocycles. The number of halogens is 1. The van der Waals surface area contributed by atoms with Crippen molar-refractivity contribution in [2.24, 2.45) is 0 Å². The minimum atomic E-state index is -0.444. The summed E-state index contributed by atoms with van der Waals surface area (Å²) >= 11 is 0. The minimum Gasteiger partial charge on any atom is -0.454 e. The lowest BCUT2D eigenvalue weighted by molar-refractivity contribution is 0.110. The van der Waals surface area contributed by atoms with Crippen molar-refractivity contribution in [3.63, 3.8) is 0 Å². The Bertz CT molecular complexity index is 777. The van der Waals surface area contributed by atoms with Gasteiger partial charge in [-0.05, 0) is 36.4 Å². The monoisotopic (exact) mass is 282 g/mol. The first-order valence-electron chi connectivity index (χ1n) is 6.35. The maximum atomic E-state index is 13.7. The zero-order valence-corrected chi connectivity index (χ0v) is 11.0. The van der Waals surface area contributed by atoms with Gasteiger partial charge in [-0.1, -0.05) is 24.3 Å². The first kappa shape index (κ1) is 13.1. The summed E-state index contributed by atoms with van der Waals surface area (Å²) in [6, 6.07) is 16.5. The highest BCUT2D eigenvalue weighted by molar-refractivity contribution is 5.74. The molecule has 0 aliphatic heterocycles. The molecule has 0 saturated carbocycles. The largest absolute Gasteiger partial charge is 0.454 e. The Morgan fingerprint density at radius 2 is 1.62 bits per heavy atom. The predicted molar refractivity (Wildman–Crippen MR) is 76.0 cm³/mol. The molecule has 0 unspecified atom stereocenters. The highest BCUT2D eigenvalue weighted by Crippen LogP contribution is 2.34. The van der Waals surface area contributed by atoms with Crippen molar-refractivity contribution < 1.29 is 18.3 Å². The topological polar surface area (TPSA) is 39.4 Å². The van der Waals surface area contributed by atoms with Crippen molar-refractivity contribution in [2.45, 2.75) is 0 Å². The number of ether oxygens (including phenoxy) is 1. The number of rotatable bonds is 4. The summed E-state index contributed by atoms with van der Waals surface area (Å²) in [5.74, 6) is 0.858. The Morgan fingerprint density at radius 1 is 0.905 bits per heavy atom. The highest BCUT2D eigenvalue weighted by Gasteiger charge is 2.12. The Hall–Kier alpha value is -2.88. The average molecular weight is 282 g/mol. The summed E-state index contributed by atoms with van der Waals surface area (Å²) in [5.41, 5.74) is 0.647. The molecule has 3 aromatic rings. The Morgan fingerprint density at radius 3 is 2.33 bits per heavy atom. The molecule has 21 heavy (non-hydrogen) atoms. The molecular formula is C17H11FO3. The average Bonchev–Trinajstić information content (AvgIpc) is 2.99. The Labute approximate surface area is 120 Å². The van der Waals surface area contributed by atoms with E-state index in [0.717, 1.165) is 0 Å². The predicted octanol–water partition coefficient (Wildman–Crippen LogP) is 4.69. The van der Waals surface area contributed by atoms with E-state index < -0.39 is 5.82 Å². The van der Waals surface area contributed by atoms with Crippen molar-refractivity contribution in [2.75, 3.05) is 0 Å². The van der Waals surface area contributed by atoms with Crippen molar-refractivity contribution in [1.82, 2.24) is 0 Å². The van der Waals surface area contributed by atoms with Crippen molar-refractivity contribution in [3.05, 3.63) is 72.2 Å². The number of carbonyl (C=O) groups excluding carboxylic acids is 1. The van der Waals surface area contributed by atoms with Gasteiger partial charge in [0.05, 0.1) is 5.56 Å². The molecule has 1 aromatic heterocycles. The molecule has 4 heteroatoms. The fourth-order valence-corrected chi connectivity index (χ4v) is 1.97. The van der Waals surface area contributed by atoms with Crippen LogP contribution in [0.2, 0.25) is 0 Å². The molecule has 104 valence electrons. The van der Waals surface area contributed by atoms with E-state index in [1.807, 2.05) is 6.07 Å². The molecule has 0 aliphatic rings. The van der Waals surface area contributed by atoms with Crippen molar-refractivity contribution in [1.29, 1.82) is 0 Å². The number of carbonyl (C=O) groups is 1. The molecule has 0 N–H and O–H groups in total. The third kappa shape index (κ3) is 2.69. The molecule has 1 heterocycles. The van der Waals surface area contributed by atoms with Crippen molar-refractivity contribution in [3.8, 4) is 22.8 Å². The number of hydrogen-bond donors (Lipinski definition) is 0. The van der Waals surface area contributed by atoms with Crippen LogP contribution in [0, 0.1) is 5.82 Å². The Kier molecular flexibility index (Phi) is 3.51. The Balaban J connectivity index is 2.00. The second-order valence-corrected chi connectivity index (χ2v) is 4.35. The van der Waals surface area contributed by atoms with E-state index in [1.165, 1.54) is 6.07 Å². The maximum Gasteiger partial charge on any atom is 0.185 e. The van der Waals surface area contributed by atoms with Gasteiger partial charge in [0.25, 0.3) is 0 Å². The van der Waals surface area contributed by atoms with Crippen molar-refractivity contribution >= 4 is 6.29 Å². The van der Waals surface area contributed by atoms with Crippen LogP contribution in [0.25, 0.3) is 11.3 Å². The molecule has 0 atom stereocenters. The third-order valence-electron chi connectivity index (χ3n) is 2.95. The van der Waals surface area contributed by atoms with Gasteiger partial charge in [0.1, 0.15) is 11.5 Å². The normalized spacial score (nSPS) is 10.3. The molecule has 0 spiro atoms. The third-order valence-corrected chi connectivity index (χ3v) is 2.95. The van der Waals surface area contributed by atoms with E-state index in [9.17, 15) is 9.18 Å². The van der Waals surface area contributed by atoms with E-state index in [1.54, 1.807) is 48.5 Å². The standard InChI is InChI=1S/C17H11FO3/c18-14-6-2-4-8-17(14)21-15-7-3-1-5-13(15)16-10-9-12(11-19)20-16/h1-11H. The SMILES string of the molecule is O=Cc1ccc(-c2ccccc2Oc2ccccc2F)o1. The lowest BCUT2D eigenvalue weighted by Gasteiger charge is -2.10. The zero-order chi connectivity index (χ0) is 14.7. The molecule has 0 bridgehead atoms. The van der Waals surface area contributed by atoms with Gasteiger partial charge in [-0.25, -0.2) is 4.39 Å². The van der Waals surface area contributed by atoms with Gasteiger partial charge in [0.15, 0.2) is 23.6 Å². The fourth-order valence-electron chi connectivity index (χ4n) is 1.97. The molecule has 0 radical (unpaired) electrons. The number of hydrogen-bond acceptors (Lipinski definition) is 3. The highest BCUT2D eigenvalue weighted by atomic mass is 19.1. The number of furan rings is 1. The van der Waals surface area contributed by atoms with Gasteiger partial charge in [-0.2, -0.15) is 0 Å². The van der Waals surface area contributed by atoms with Crippen LogP contribution in [0.15, 0.2) is 65.1 Å². The fraction of sp³-hybridized carbons (Fsp3) is 0. The van der Waals surface area contributed by atoms with Crippen LogP contribution in [0.1, 0.15) is 10.6 Å². The van der Waals surface area contributed by atoms with Gasteiger partial charge >= 0.3 is 0 Å². The first-order valence-corrected chi connectivity index (χ1v) is 6.35. The summed E-state index contributed by atoms with van der Waals surface area (Å²) in [5, 5.41) is 0. The molecular weight excluding hydrogens is 271 g/mol. The van der Waals surface area contributed by atoms with Gasteiger partial charge in [0.2, 0.25) is 0 Å². The van der Waals surface area contributed by atoms with Crippen LogP contribution < -0.4 is 4.74 Å². The van der Waals surface area contributed by atoms with E-state index in [-0.39, 0.29) is 11.5 Å². The van der Waals surface area contributed by atoms with Crippen LogP contribution in [0.3, 0.4) is 0 Å². The second-order valence-electron chi connectivity index (χ2n) is 4.35. The number of para-hydroxylation sites is 2. The lowest BCUT2D eigenvalue weighted by atomic mass is 10.1. The minimum absolute atomic E-state index is 0.132. The first-order chi connectivity index (χ1) is 10.3. The second kappa shape index (κ2) is 5.63. The van der Waals surface area contributed by atoms with Gasteiger partial charge < -0.3 is 9.15 Å². The molecule has 0 saturated heterocycles.